The van der Waals surface area contributed by atoms with Crippen LogP contribution in [0.4, 0.5) is 0 Å². The van der Waals surface area contributed by atoms with Gasteiger partial charge in [0, 0.05) is 32.3 Å². The van der Waals surface area contributed by atoms with E-state index in [1.165, 1.54) is 16.7 Å². The van der Waals surface area contributed by atoms with Gasteiger partial charge in [-0.3, -0.25) is 9.48 Å². The van der Waals surface area contributed by atoms with E-state index in [4.69, 9.17) is 4.74 Å². The maximum Gasteiger partial charge on any atom is 0.226 e. The summed E-state index contributed by atoms with van der Waals surface area (Å²) in [6, 6.07) is 8.13. The zero-order valence-corrected chi connectivity index (χ0v) is 14.7. The van der Waals surface area contributed by atoms with E-state index < -0.39 is 0 Å². The number of aromatic nitrogens is 2. The van der Waals surface area contributed by atoms with E-state index in [-0.39, 0.29) is 5.92 Å². The minimum absolute atomic E-state index is 0.139. The van der Waals surface area contributed by atoms with E-state index in [0.717, 1.165) is 25.1 Å². The monoisotopic (exact) mass is 337 g/mol. The highest BCUT2D eigenvalue weighted by molar-refractivity contribution is 5.84. The Morgan fingerprint density at radius 1 is 1.28 bits per heavy atom. The third-order valence-corrected chi connectivity index (χ3v) is 5.24. The second kappa shape index (κ2) is 6.39. The van der Waals surface area contributed by atoms with Gasteiger partial charge in [-0.15, -0.1) is 0 Å². The predicted octanol–water partition coefficient (Wildman–Crippen LogP) is 2.85. The second-order valence-corrected chi connectivity index (χ2v) is 6.89. The summed E-state index contributed by atoms with van der Waals surface area (Å²) in [6.45, 7) is 1.50. The van der Waals surface area contributed by atoms with Crippen molar-refractivity contribution in [2.24, 2.45) is 13.0 Å². The fourth-order valence-electron chi connectivity index (χ4n) is 3.64. The lowest BCUT2D eigenvalue weighted by molar-refractivity contribution is -0.132. The lowest BCUT2D eigenvalue weighted by Crippen LogP contribution is -2.36. The van der Waals surface area contributed by atoms with Crippen molar-refractivity contribution >= 4 is 11.5 Å². The average Bonchev–Trinajstić information content (AvgIpc) is 3.35. The van der Waals surface area contributed by atoms with Crippen LogP contribution < -0.4 is 4.74 Å². The maximum absolute atomic E-state index is 12.7. The van der Waals surface area contributed by atoms with Gasteiger partial charge in [0.1, 0.15) is 5.75 Å². The van der Waals surface area contributed by atoms with Crippen LogP contribution in [0.3, 0.4) is 0 Å². The molecule has 5 heteroatoms. The Bertz CT molecular complexity index is 807. The fraction of sp³-hybridized carbons (Fsp3) is 0.400. The highest BCUT2D eigenvalue weighted by atomic mass is 16.5. The SMILES string of the molecule is COc1ccc(C2=CCN(C(=O)C3CC3c3cnn(C)c3)CC2)cc1. The second-order valence-electron chi connectivity index (χ2n) is 6.89. The van der Waals surface area contributed by atoms with Crippen molar-refractivity contribution in [2.75, 3.05) is 20.2 Å². The lowest BCUT2D eigenvalue weighted by atomic mass is 9.99. The smallest absolute Gasteiger partial charge is 0.226 e. The highest BCUT2D eigenvalue weighted by Gasteiger charge is 2.46. The largest absolute Gasteiger partial charge is 0.497 e. The van der Waals surface area contributed by atoms with Crippen LogP contribution in [-0.4, -0.2) is 40.8 Å². The van der Waals surface area contributed by atoms with E-state index in [0.29, 0.717) is 18.4 Å². The van der Waals surface area contributed by atoms with E-state index >= 15 is 0 Å². The molecule has 1 aliphatic carbocycles. The van der Waals surface area contributed by atoms with Crippen molar-refractivity contribution in [2.45, 2.75) is 18.8 Å². The number of hydrogen-bond acceptors (Lipinski definition) is 3. The molecule has 1 aromatic carbocycles. The summed E-state index contributed by atoms with van der Waals surface area (Å²) in [5.41, 5.74) is 3.71. The summed E-state index contributed by atoms with van der Waals surface area (Å²) < 4.78 is 7.01. The molecule has 2 heterocycles. The summed E-state index contributed by atoms with van der Waals surface area (Å²) in [5, 5.41) is 4.21. The van der Waals surface area contributed by atoms with Gasteiger partial charge in [-0.25, -0.2) is 0 Å². The molecule has 2 unspecified atom stereocenters. The Hall–Kier alpha value is -2.56. The Labute approximate surface area is 147 Å². The van der Waals surface area contributed by atoms with Crippen LogP contribution >= 0.6 is 0 Å². The van der Waals surface area contributed by atoms with Crippen LogP contribution in [0.1, 0.15) is 29.9 Å². The topological polar surface area (TPSA) is 47.4 Å². The van der Waals surface area contributed by atoms with Crippen molar-refractivity contribution in [1.29, 1.82) is 0 Å². The molecule has 0 spiro atoms. The van der Waals surface area contributed by atoms with Gasteiger partial charge in [0.2, 0.25) is 5.91 Å². The molecular weight excluding hydrogens is 314 g/mol. The number of hydrogen-bond donors (Lipinski definition) is 0. The summed E-state index contributed by atoms with van der Waals surface area (Å²) in [5.74, 6) is 1.65. The van der Waals surface area contributed by atoms with Crippen molar-refractivity contribution in [3.8, 4) is 5.75 Å². The molecule has 0 saturated heterocycles. The molecule has 25 heavy (non-hydrogen) atoms. The van der Waals surface area contributed by atoms with Crippen molar-refractivity contribution < 1.29 is 9.53 Å². The Kier molecular flexibility index (Phi) is 4.07. The van der Waals surface area contributed by atoms with Crippen LogP contribution in [0.2, 0.25) is 0 Å². The van der Waals surface area contributed by atoms with Crippen molar-refractivity contribution in [1.82, 2.24) is 14.7 Å². The Balaban J connectivity index is 1.38. The first kappa shape index (κ1) is 15.9. The number of amides is 1. The molecule has 4 rings (SSSR count). The summed E-state index contributed by atoms with van der Waals surface area (Å²) in [4.78, 5) is 14.7. The molecule has 2 aromatic rings. The zero-order chi connectivity index (χ0) is 17.4. The standard InChI is InChI=1S/C20H23N3O2/c1-22-13-16(12-21-22)18-11-19(18)20(24)23-9-7-15(8-10-23)14-3-5-17(25-2)6-4-14/h3-7,12-13,18-19H,8-11H2,1-2H3. The van der Waals surface area contributed by atoms with Crippen LogP contribution in [0.25, 0.3) is 5.57 Å². The minimum Gasteiger partial charge on any atom is -0.497 e. The van der Waals surface area contributed by atoms with Gasteiger partial charge in [-0.1, -0.05) is 18.2 Å². The number of ether oxygens (including phenoxy) is 1. The molecule has 0 N–H and O–H groups in total. The lowest BCUT2D eigenvalue weighted by Gasteiger charge is -2.27. The molecular formula is C20H23N3O2. The summed E-state index contributed by atoms with van der Waals surface area (Å²) in [6.07, 6.45) is 7.95. The van der Waals surface area contributed by atoms with Gasteiger partial charge in [0.05, 0.1) is 13.3 Å². The average molecular weight is 337 g/mol. The highest BCUT2D eigenvalue weighted by Crippen LogP contribution is 2.48. The number of nitrogens with zero attached hydrogens (tertiary/aromatic N) is 3. The number of carbonyl (C=O) groups is 1. The van der Waals surface area contributed by atoms with Gasteiger partial charge >= 0.3 is 0 Å². The number of benzene rings is 1. The number of methoxy groups -OCH3 is 1. The molecule has 0 bridgehead atoms. The summed E-state index contributed by atoms with van der Waals surface area (Å²) in [7, 11) is 3.59. The third-order valence-electron chi connectivity index (χ3n) is 5.24. The molecule has 1 aromatic heterocycles. The van der Waals surface area contributed by atoms with E-state index in [2.05, 4.69) is 23.3 Å². The first-order valence-electron chi connectivity index (χ1n) is 8.76. The number of aryl methyl sites for hydroxylation is 1. The third kappa shape index (κ3) is 3.18. The van der Waals surface area contributed by atoms with Crippen LogP contribution in [0.5, 0.6) is 5.75 Å². The van der Waals surface area contributed by atoms with Crippen molar-refractivity contribution in [3.05, 3.63) is 53.9 Å². The molecule has 130 valence electrons. The molecule has 2 atom stereocenters. The summed E-state index contributed by atoms with van der Waals surface area (Å²) >= 11 is 0. The molecule has 1 saturated carbocycles. The molecule has 2 aliphatic rings. The maximum atomic E-state index is 12.7. The zero-order valence-electron chi connectivity index (χ0n) is 14.7. The molecule has 5 nitrogen and oxygen atoms in total. The van der Waals surface area contributed by atoms with Gasteiger partial charge < -0.3 is 9.64 Å². The van der Waals surface area contributed by atoms with E-state index in [9.17, 15) is 4.79 Å². The minimum atomic E-state index is 0.139. The molecule has 1 fully saturated rings. The first-order chi connectivity index (χ1) is 12.2. The normalized spacial score (nSPS) is 22.5. The van der Waals surface area contributed by atoms with E-state index in [1.54, 1.807) is 11.8 Å². The van der Waals surface area contributed by atoms with Gasteiger partial charge in [0.25, 0.3) is 0 Å². The van der Waals surface area contributed by atoms with Gasteiger partial charge in [-0.05, 0) is 47.6 Å². The van der Waals surface area contributed by atoms with Gasteiger partial charge in [0.15, 0.2) is 0 Å². The number of rotatable bonds is 4. The first-order valence-corrected chi connectivity index (χ1v) is 8.76. The van der Waals surface area contributed by atoms with Crippen molar-refractivity contribution in [3.63, 3.8) is 0 Å². The van der Waals surface area contributed by atoms with Gasteiger partial charge in [-0.2, -0.15) is 5.10 Å². The van der Waals surface area contributed by atoms with Crippen LogP contribution in [0, 0.1) is 5.92 Å². The number of carbonyl (C=O) groups excluding carboxylic acids is 1. The van der Waals surface area contributed by atoms with Crippen LogP contribution in [0.15, 0.2) is 42.7 Å². The predicted molar refractivity (Wildman–Crippen MR) is 96.2 cm³/mol. The molecule has 1 amide bonds. The Morgan fingerprint density at radius 3 is 2.68 bits per heavy atom. The fourth-order valence-corrected chi connectivity index (χ4v) is 3.64. The molecule has 0 radical (unpaired) electrons. The van der Waals surface area contributed by atoms with Crippen LogP contribution in [-0.2, 0) is 11.8 Å². The Morgan fingerprint density at radius 2 is 2.08 bits per heavy atom. The quantitative estimate of drug-likeness (QED) is 0.862. The molecule has 1 aliphatic heterocycles. The van der Waals surface area contributed by atoms with E-state index in [1.807, 2.05) is 36.5 Å².